The van der Waals surface area contributed by atoms with E-state index in [-0.39, 0.29) is 22.6 Å². The van der Waals surface area contributed by atoms with E-state index in [1.54, 1.807) is 0 Å². The van der Waals surface area contributed by atoms with Crippen LogP contribution >= 0.6 is 15.9 Å². The molecule has 60 valence electrons. The number of halogens is 1. The van der Waals surface area contributed by atoms with Gasteiger partial charge >= 0.3 is 0 Å². The Bertz CT molecular complexity index is 277. The van der Waals surface area contributed by atoms with Gasteiger partial charge in [0.1, 0.15) is 0 Å². The molecule has 11 heavy (non-hydrogen) atoms. The number of aromatic nitrogens is 1. The molecule has 0 aliphatic rings. The second-order valence-electron chi connectivity index (χ2n) is 1.91. The highest BCUT2D eigenvalue weighted by Crippen LogP contribution is 2.33. The highest BCUT2D eigenvalue weighted by Gasteiger charge is 2.09. The van der Waals surface area contributed by atoms with Crippen LogP contribution in [0.4, 0.5) is 0 Å². The molecule has 1 aromatic heterocycles. The zero-order valence-corrected chi connectivity index (χ0v) is 7.04. The number of hydrogen-bond acceptors (Lipinski definition) is 4. The molecule has 0 aromatic carbocycles. The number of aliphatic hydroxyl groups excluding tert-OH is 1. The number of pyridine rings is 1. The Labute approximate surface area is 71.3 Å². The van der Waals surface area contributed by atoms with Crippen LogP contribution in [-0.4, -0.2) is 20.3 Å². The SMILES string of the molecule is OCc1ncc(O)c(O)c1Br. The molecule has 0 radical (unpaired) electrons. The average Bonchev–Trinajstić information content (AvgIpc) is 2.01. The van der Waals surface area contributed by atoms with Gasteiger partial charge in [0.05, 0.1) is 23.0 Å². The molecule has 0 unspecified atom stereocenters. The van der Waals surface area contributed by atoms with Crippen LogP contribution in [0.3, 0.4) is 0 Å². The standard InChI is InChI=1S/C6H6BrNO3/c7-5-3(2-9)8-1-4(10)6(5)11/h1,9-10H,2H2,(H,8,11). The fourth-order valence-electron chi connectivity index (χ4n) is 0.616. The van der Waals surface area contributed by atoms with Gasteiger partial charge in [-0.3, -0.25) is 4.98 Å². The van der Waals surface area contributed by atoms with Gasteiger partial charge in [0, 0.05) is 0 Å². The summed E-state index contributed by atoms with van der Waals surface area (Å²) in [5, 5.41) is 26.6. The fourth-order valence-corrected chi connectivity index (χ4v) is 1.05. The van der Waals surface area contributed by atoms with Crippen molar-refractivity contribution >= 4 is 15.9 Å². The van der Waals surface area contributed by atoms with Crippen LogP contribution in [0.2, 0.25) is 0 Å². The predicted molar refractivity (Wildman–Crippen MR) is 41.2 cm³/mol. The Morgan fingerprint density at radius 2 is 2.09 bits per heavy atom. The number of aromatic hydroxyl groups is 2. The summed E-state index contributed by atoms with van der Waals surface area (Å²) in [5.74, 6) is -0.613. The van der Waals surface area contributed by atoms with E-state index in [1.165, 1.54) is 0 Å². The van der Waals surface area contributed by atoms with Crippen LogP contribution in [-0.2, 0) is 6.61 Å². The Morgan fingerprint density at radius 1 is 1.45 bits per heavy atom. The molecule has 0 bridgehead atoms. The van der Waals surface area contributed by atoms with Crippen molar-refractivity contribution in [2.24, 2.45) is 0 Å². The van der Waals surface area contributed by atoms with E-state index in [0.717, 1.165) is 6.20 Å². The van der Waals surface area contributed by atoms with Crippen LogP contribution in [0.15, 0.2) is 10.7 Å². The van der Waals surface area contributed by atoms with Gasteiger partial charge in [-0.1, -0.05) is 0 Å². The lowest BCUT2D eigenvalue weighted by Gasteiger charge is -2.02. The molecule has 0 aliphatic carbocycles. The van der Waals surface area contributed by atoms with Crippen LogP contribution in [0.1, 0.15) is 5.69 Å². The van der Waals surface area contributed by atoms with Crippen molar-refractivity contribution in [3.05, 3.63) is 16.4 Å². The monoisotopic (exact) mass is 219 g/mol. The minimum Gasteiger partial charge on any atom is -0.503 e. The molecule has 0 spiro atoms. The smallest absolute Gasteiger partial charge is 0.177 e. The third-order valence-electron chi connectivity index (χ3n) is 1.20. The van der Waals surface area contributed by atoms with Gasteiger partial charge in [-0.05, 0) is 15.9 Å². The second kappa shape index (κ2) is 3.06. The number of rotatable bonds is 1. The Morgan fingerprint density at radius 3 is 2.64 bits per heavy atom. The highest BCUT2D eigenvalue weighted by molar-refractivity contribution is 9.10. The predicted octanol–water partition coefficient (Wildman–Crippen LogP) is 0.748. The summed E-state index contributed by atoms with van der Waals surface area (Å²) in [7, 11) is 0. The lowest BCUT2D eigenvalue weighted by atomic mass is 10.3. The minimum absolute atomic E-state index is 0.222. The Balaban J connectivity index is 3.25. The lowest BCUT2D eigenvalue weighted by Crippen LogP contribution is -1.90. The summed E-state index contributed by atoms with van der Waals surface area (Å²) in [5.41, 5.74) is 0.292. The van der Waals surface area contributed by atoms with E-state index in [0.29, 0.717) is 5.69 Å². The van der Waals surface area contributed by atoms with E-state index >= 15 is 0 Å². The summed E-state index contributed by atoms with van der Waals surface area (Å²) < 4.78 is 0.222. The van der Waals surface area contributed by atoms with E-state index in [2.05, 4.69) is 20.9 Å². The van der Waals surface area contributed by atoms with Crippen molar-refractivity contribution in [1.29, 1.82) is 0 Å². The van der Waals surface area contributed by atoms with Gasteiger partial charge in [0.15, 0.2) is 11.5 Å². The number of aliphatic hydroxyl groups is 1. The van der Waals surface area contributed by atoms with Crippen LogP contribution < -0.4 is 0 Å². The zero-order chi connectivity index (χ0) is 8.43. The molecule has 1 aromatic rings. The van der Waals surface area contributed by atoms with Gasteiger partial charge in [-0.25, -0.2) is 0 Å². The van der Waals surface area contributed by atoms with Crippen LogP contribution in [0.5, 0.6) is 11.5 Å². The minimum atomic E-state index is -0.311. The number of nitrogens with zero attached hydrogens (tertiary/aromatic N) is 1. The van der Waals surface area contributed by atoms with Crippen molar-refractivity contribution in [3.8, 4) is 11.5 Å². The third-order valence-corrected chi connectivity index (χ3v) is 2.03. The normalized spacial score (nSPS) is 10.0. The summed E-state index contributed by atoms with van der Waals surface area (Å²) >= 11 is 2.96. The summed E-state index contributed by atoms with van der Waals surface area (Å²) in [6, 6.07) is 0. The molecule has 0 amide bonds. The van der Waals surface area contributed by atoms with Crippen LogP contribution in [0.25, 0.3) is 0 Å². The molecule has 4 nitrogen and oxygen atoms in total. The maximum absolute atomic E-state index is 9.07. The first-order chi connectivity index (χ1) is 5.16. The molecule has 5 heteroatoms. The molecule has 0 fully saturated rings. The van der Waals surface area contributed by atoms with Crippen molar-refractivity contribution in [1.82, 2.24) is 4.98 Å². The quantitative estimate of drug-likeness (QED) is 0.652. The molecule has 0 aliphatic heterocycles. The maximum atomic E-state index is 9.07. The van der Waals surface area contributed by atoms with Gasteiger partial charge in [0.2, 0.25) is 0 Å². The Kier molecular flexibility index (Phi) is 2.31. The summed E-state index contributed by atoms with van der Waals surface area (Å²) in [6.07, 6.45) is 1.08. The molecule has 0 saturated carbocycles. The van der Waals surface area contributed by atoms with Crippen LogP contribution in [0, 0.1) is 0 Å². The van der Waals surface area contributed by atoms with E-state index in [9.17, 15) is 0 Å². The molecule has 0 atom stereocenters. The summed E-state index contributed by atoms with van der Waals surface area (Å²) in [4.78, 5) is 3.65. The van der Waals surface area contributed by atoms with E-state index in [4.69, 9.17) is 15.3 Å². The van der Waals surface area contributed by atoms with Crippen molar-refractivity contribution < 1.29 is 15.3 Å². The second-order valence-corrected chi connectivity index (χ2v) is 2.70. The Hall–Kier alpha value is -0.810. The van der Waals surface area contributed by atoms with E-state index in [1.807, 2.05) is 0 Å². The zero-order valence-electron chi connectivity index (χ0n) is 5.45. The lowest BCUT2D eigenvalue weighted by molar-refractivity contribution is 0.274. The molecule has 3 N–H and O–H groups in total. The van der Waals surface area contributed by atoms with Crippen molar-refractivity contribution in [3.63, 3.8) is 0 Å². The first-order valence-electron chi connectivity index (χ1n) is 2.83. The van der Waals surface area contributed by atoms with Gasteiger partial charge in [-0.2, -0.15) is 0 Å². The third kappa shape index (κ3) is 1.44. The first-order valence-corrected chi connectivity index (χ1v) is 3.62. The molecule has 1 heterocycles. The first kappa shape index (κ1) is 8.29. The molecule has 1 rings (SSSR count). The fraction of sp³-hybridized carbons (Fsp3) is 0.167. The molecular formula is C6H6BrNO3. The highest BCUT2D eigenvalue weighted by atomic mass is 79.9. The number of hydrogen-bond donors (Lipinski definition) is 3. The van der Waals surface area contributed by atoms with E-state index < -0.39 is 0 Å². The molecule has 0 saturated heterocycles. The average molecular weight is 220 g/mol. The van der Waals surface area contributed by atoms with Gasteiger partial charge < -0.3 is 15.3 Å². The molecular weight excluding hydrogens is 214 g/mol. The topological polar surface area (TPSA) is 73.6 Å². The van der Waals surface area contributed by atoms with Crippen molar-refractivity contribution in [2.45, 2.75) is 6.61 Å². The van der Waals surface area contributed by atoms with Gasteiger partial charge in [0.25, 0.3) is 0 Å². The summed E-state index contributed by atoms with van der Waals surface area (Å²) in [6.45, 7) is -0.283. The van der Waals surface area contributed by atoms with Crippen molar-refractivity contribution in [2.75, 3.05) is 0 Å². The largest absolute Gasteiger partial charge is 0.503 e. The van der Waals surface area contributed by atoms with Gasteiger partial charge in [-0.15, -0.1) is 0 Å². The maximum Gasteiger partial charge on any atom is 0.177 e.